The lowest BCUT2D eigenvalue weighted by Gasteiger charge is -2.34. The number of anilines is 1. The number of nitrogens with zero attached hydrogens (tertiary/aromatic N) is 4. The number of fused-ring (bicyclic) bond motifs is 2. The smallest absolute Gasteiger partial charge is 0.140 e. The van der Waals surface area contributed by atoms with Crippen LogP contribution in [0, 0.1) is 6.92 Å². The molecule has 2 heterocycles. The molecule has 1 aromatic heterocycles. The fourth-order valence-corrected chi connectivity index (χ4v) is 3.97. The van der Waals surface area contributed by atoms with Gasteiger partial charge in [-0.1, -0.05) is 31.7 Å². The van der Waals surface area contributed by atoms with Gasteiger partial charge in [0.05, 0.1) is 10.9 Å². The van der Waals surface area contributed by atoms with E-state index < -0.39 is 0 Å². The normalized spacial score (nSPS) is 19.7. The van der Waals surface area contributed by atoms with Crippen molar-refractivity contribution in [3.63, 3.8) is 0 Å². The molecular formula is C19H23ClN4. The number of benzene rings is 1. The molecule has 0 radical (unpaired) electrons. The van der Waals surface area contributed by atoms with Crippen molar-refractivity contribution in [1.29, 1.82) is 0 Å². The first-order valence-electron chi connectivity index (χ1n) is 8.08. The van der Waals surface area contributed by atoms with Gasteiger partial charge in [0.1, 0.15) is 11.0 Å². The Labute approximate surface area is 148 Å². The minimum absolute atomic E-state index is 0.160. The zero-order valence-corrected chi connectivity index (χ0v) is 15.5. The summed E-state index contributed by atoms with van der Waals surface area (Å²) in [5, 5.41) is 1.38. The monoisotopic (exact) mass is 342 g/mol. The molecule has 126 valence electrons. The highest BCUT2D eigenvalue weighted by atomic mass is 35.5. The summed E-state index contributed by atoms with van der Waals surface area (Å²) in [4.78, 5) is 13.1. The van der Waals surface area contributed by atoms with Crippen molar-refractivity contribution < 1.29 is 0 Å². The quantitative estimate of drug-likeness (QED) is 0.776. The van der Waals surface area contributed by atoms with E-state index in [2.05, 4.69) is 59.0 Å². The first-order valence-corrected chi connectivity index (χ1v) is 8.46. The molecular weight excluding hydrogens is 320 g/mol. The number of likely N-dealkylation sites (N-methyl/N-ethyl adjacent to an activating group) is 2. The summed E-state index contributed by atoms with van der Waals surface area (Å²) in [6.45, 7) is 13.2. The summed E-state index contributed by atoms with van der Waals surface area (Å²) >= 11 is 6.35. The average Bonchev–Trinajstić information content (AvgIpc) is 2.75. The molecule has 1 unspecified atom stereocenters. The zero-order valence-electron chi connectivity index (χ0n) is 14.7. The van der Waals surface area contributed by atoms with Gasteiger partial charge in [0.2, 0.25) is 0 Å². The third-order valence-electron chi connectivity index (χ3n) is 5.15. The molecule has 0 saturated heterocycles. The van der Waals surface area contributed by atoms with Gasteiger partial charge in [-0.3, -0.25) is 0 Å². The lowest BCUT2D eigenvalue weighted by molar-refractivity contribution is 0.338. The van der Waals surface area contributed by atoms with Crippen LogP contribution in [-0.4, -0.2) is 35.5 Å². The van der Waals surface area contributed by atoms with Crippen molar-refractivity contribution in [2.75, 3.05) is 25.5 Å². The number of aromatic nitrogens is 2. The highest BCUT2D eigenvalue weighted by Gasteiger charge is 2.44. The third-order valence-corrected chi connectivity index (χ3v) is 5.44. The van der Waals surface area contributed by atoms with Crippen LogP contribution in [0.15, 0.2) is 37.2 Å². The van der Waals surface area contributed by atoms with Gasteiger partial charge < -0.3 is 9.80 Å². The summed E-state index contributed by atoms with van der Waals surface area (Å²) < 4.78 is 0. The minimum Gasteiger partial charge on any atom is -0.380 e. The van der Waals surface area contributed by atoms with Gasteiger partial charge in [-0.2, -0.15) is 0 Å². The van der Waals surface area contributed by atoms with Crippen LogP contribution >= 0.6 is 11.6 Å². The largest absolute Gasteiger partial charge is 0.380 e. The fourth-order valence-electron chi connectivity index (χ4n) is 3.69. The maximum absolute atomic E-state index is 6.35. The standard InChI is InChI=1S/C19H23ClN4/c1-7-19(11-23(5)8-2)12(3)24(6)17-9-14-16(10-15(17)19)21-13(4)22-18(14)20/h8-10H,2-3,7,11H2,1,4-6H3. The number of halogens is 1. The first kappa shape index (κ1) is 16.8. The van der Waals surface area contributed by atoms with Crippen LogP contribution in [0.4, 0.5) is 5.69 Å². The van der Waals surface area contributed by atoms with E-state index in [-0.39, 0.29) is 5.41 Å². The average molecular weight is 343 g/mol. The SMILES string of the molecule is C=CN(C)CC1(CC)C(=C)N(C)c2cc3c(Cl)nc(C)nc3cc21. The first-order chi connectivity index (χ1) is 11.3. The molecule has 0 amide bonds. The molecule has 3 rings (SSSR count). The molecule has 5 heteroatoms. The van der Waals surface area contributed by atoms with Crippen LogP contribution in [0.1, 0.15) is 24.7 Å². The van der Waals surface area contributed by atoms with E-state index in [1.807, 2.05) is 20.2 Å². The van der Waals surface area contributed by atoms with Crippen LogP contribution in [0.5, 0.6) is 0 Å². The van der Waals surface area contributed by atoms with Crippen LogP contribution in [0.25, 0.3) is 10.9 Å². The van der Waals surface area contributed by atoms with Crippen molar-refractivity contribution in [1.82, 2.24) is 14.9 Å². The van der Waals surface area contributed by atoms with Gasteiger partial charge in [0, 0.05) is 37.4 Å². The molecule has 0 fully saturated rings. The van der Waals surface area contributed by atoms with Crippen molar-refractivity contribution >= 4 is 28.2 Å². The zero-order chi connectivity index (χ0) is 17.6. The molecule has 1 aliphatic rings. The van der Waals surface area contributed by atoms with E-state index in [1.54, 1.807) is 0 Å². The molecule has 1 atom stereocenters. The van der Waals surface area contributed by atoms with Crippen molar-refractivity contribution in [2.24, 2.45) is 0 Å². The van der Waals surface area contributed by atoms with Gasteiger partial charge in [0.15, 0.2) is 0 Å². The van der Waals surface area contributed by atoms with Gasteiger partial charge >= 0.3 is 0 Å². The second kappa shape index (κ2) is 5.78. The van der Waals surface area contributed by atoms with Crippen LogP contribution in [0.3, 0.4) is 0 Å². The van der Waals surface area contributed by atoms with Crippen LogP contribution in [0.2, 0.25) is 5.15 Å². The van der Waals surface area contributed by atoms with E-state index in [9.17, 15) is 0 Å². The van der Waals surface area contributed by atoms with Gasteiger partial charge in [-0.05, 0) is 37.2 Å². The second-order valence-corrected chi connectivity index (χ2v) is 6.85. The minimum atomic E-state index is -0.160. The van der Waals surface area contributed by atoms with E-state index in [1.165, 1.54) is 5.56 Å². The van der Waals surface area contributed by atoms with Crippen LogP contribution < -0.4 is 4.90 Å². The van der Waals surface area contributed by atoms with E-state index >= 15 is 0 Å². The lowest BCUT2D eigenvalue weighted by Crippen LogP contribution is -2.38. The Kier molecular flexibility index (Phi) is 4.04. The molecule has 0 spiro atoms. The van der Waals surface area contributed by atoms with Gasteiger partial charge in [-0.15, -0.1) is 0 Å². The molecule has 0 aliphatic carbocycles. The highest BCUT2D eigenvalue weighted by Crippen LogP contribution is 2.50. The van der Waals surface area contributed by atoms with Crippen molar-refractivity contribution in [3.8, 4) is 0 Å². The maximum atomic E-state index is 6.35. The molecule has 2 aromatic rings. The summed E-state index contributed by atoms with van der Waals surface area (Å²) in [6, 6.07) is 4.24. The number of aryl methyl sites for hydroxylation is 1. The molecule has 1 aliphatic heterocycles. The molecule has 1 aromatic carbocycles. The van der Waals surface area contributed by atoms with E-state index in [4.69, 9.17) is 11.6 Å². The molecule has 0 saturated carbocycles. The Balaban J connectivity index is 2.29. The third kappa shape index (κ3) is 2.28. The van der Waals surface area contributed by atoms with E-state index in [0.717, 1.165) is 35.3 Å². The summed E-state index contributed by atoms with van der Waals surface area (Å²) in [5.41, 5.74) is 4.18. The number of rotatable bonds is 4. The second-order valence-electron chi connectivity index (χ2n) is 6.49. The predicted molar refractivity (Wildman–Crippen MR) is 102 cm³/mol. The highest BCUT2D eigenvalue weighted by molar-refractivity contribution is 6.34. The summed E-state index contributed by atoms with van der Waals surface area (Å²) in [5.74, 6) is 0.683. The topological polar surface area (TPSA) is 32.3 Å². The molecule has 24 heavy (non-hydrogen) atoms. The van der Waals surface area contributed by atoms with Gasteiger partial charge in [-0.25, -0.2) is 9.97 Å². The Hall–Kier alpha value is -2.07. The Morgan fingerprint density at radius 1 is 1.38 bits per heavy atom. The molecule has 0 N–H and O–H groups in total. The number of hydrogen-bond acceptors (Lipinski definition) is 4. The number of hydrogen-bond donors (Lipinski definition) is 0. The summed E-state index contributed by atoms with van der Waals surface area (Å²) in [6.07, 6.45) is 2.80. The maximum Gasteiger partial charge on any atom is 0.140 e. The van der Waals surface area contributed by atoms with Gasteiger partial charge in [0.25, 0.3) is 0 Å². The fraction of sp³-hybridized carbons (Fsp3) is 0.368. The lowest BCUT2D eigenvalue weighted by atomic mass is 9.77. The predicted octanol–water partition coefficient (Wildman–Crippen LogP) is 4.28. The summed E-state index contributed by atoms with van der Waals surface area (Å²) in [7, 11) is 4.10. The molecule has 0 bridgehead atoms. The van der Waals surface area contributed by atoms with Crippen molar-refractivity contribution in [2.45, 2.75) is 25.7 Å². The van der Waals surface area contributed by atoms with Crippen LogP contribution in [-0.2, 0) is 5.41 Å². The Morgan fingerprint density at radius 3 is 2.71 bits per heavy atom. The Bertz CT molecular complexity index is 845. The van der Waals surface area contributed by atoms with E-state index in [0.29, 0.717) is 11.0 Å². The van der Waals surface area contributed by atoms with Crippen molar-refractivity contribution in [3.05, 3.63) is 53.7 Å². The Morgan fingerprint density at radius 2 is 2.08 bits per heavy atom. The molecule has 4 nitrogen and oxygen atoms in total.